The Morgan fingerprint density at radius 1 is 1.11 bits per heavy atom. The molecule has 0 aliphatic rings. The molecule has 3 nitrogen and oxygen atoms in total. The van der Waals surface area contributed by atoms with Crippen molar-refractivity contribution >= 4 is 16.7 Å². The molecule has 3 heteroatoms. The van der Waals surface area contributed by atoms with Crippen molar-refractivity contribution in [3.05, 3.63) is 48.0 Å². The number of nitrogens with one attached hydrogen (secondary N) is 1. The van der Waals surface area contributed by atoms with Crippen LogP contribution in [0.2, 0.25) is 0 Å². The smallest absolute Gasteiger partial charge is 0.138 e. The number of benzene rings is 2. The van der Waals surface area contributed by atoms with Gasteiger partial charge in [-0.1, -0.05) is 37.6 Å². The summed E-state index contributed by atoms with van der Waals surface area (Å²) in [5.74, 6) is 0.892. The van der Waals surface area contributed by atoms with Gasteiger partial charge in [0, 0.05) is 11.3 Å². The van der Waals surface area contributed by atoms with E-state index >= 15 is 0 Å². The van der Waals surface area contributed by atoms with Gasteiger partial charge in [-0.2, -0.15) is 0 Å². The number of H-pyrrole nitrogens is 1. The molecule has 3 rings (SSSR count). The molecule has 3 N–H and O–H groups in total. The van der Waals surface area contributed by atoms with Crippen molar-refractivity contribution in [1.29, 1.82) is 0 Å². The third-order valence-electron chi connectivity index (χ3n) is 3.27. The maximum Gasteiger partial charge on any atom is 0.138 e. The molecule has 0 fully saturated rings. The molecule has 0 unspecified atom stereocenters. The molecule has 1 heterocycles. The summed E-state index contributed by atoms with van der Waals surface area (Å²) in [7, 11) is 0. The van der Waals surface area contributed by atoms with Crippen molar-refractivity contribution in [2.45, 2.75) is 19.8 Å². The molecule has 0 radical (unpaired) electrons. The molecule has 1 aromatic heterocycles. The fourth-order valence-electron chi connectivity index (χ4n) is 2.28. The van der Waals surface area contributed by atoms with Gasteiger partial charge in [0.25, 0.3) is 0 Å². The minimum Gasteiger partial charge on any atom is -0.399 e. The summed E-state index contributed by atoms with van der Waals surface area (Å²) in [5, 5.41) is 0. The molecule has 0 atom stereocenters. The van der Waals surface area contributed by atoms with Crippen LogP contribution in [0, 0.1) is 0 Å². The van der Waals surface area contributed by atoms with E-state index in [1.54, 1.807) is 0 Å². The predicted molar refractivity (Wildman–Crippen MR) is 79.9 cm³/mol. The number of aromatic amines is 1. The molecule has 0 bridgehead atoms. The first-order valence-corrected chi connectivity index (χ1v) is 6.61. The van der Waals surface area contributed by atoms with Crippen LogP contribution in [0.3, 0.4) is 0 Å². The molecule has 0 spiro atoms. The normalized spacial score (nSPS) is 11.0. The van der Waals surface area contributed by atoms with Gasteiger partial charge in [0.2, 0.25) is 0 Å². The lowest BCUT2D eigenvalue weighted by Crippen LogP contribution is -1.84. The highest BCUT2D eigenvalue weighted by molar-refractivity contribution is 5.82. The fraction of sp³-hybridized carbons (Fsp3) is 0.188. The van der Waals surface area contributed by atoms with Gasteiger partial charge in [0.1, 0.15) is 5.82 Å². The van der Waals surface area contributed by atoms with E-state index in [-0.39, 0.29) is 0 Å². The number of anilines is 1. The number of nitrogens with zero attached hydrogens (tertiary/aromatic N) is 1. The molecule has 0 aliphatic carbocycles. The van der Waals surface area contributed by atoms with Crippen LogP contribution in [0.25, 0.3) is 22.4 Å². The first-order valence-electron chi connectivity index (χ1n) is 6.61. The molecular weight excluding hydrogens is 234 g/mol. The Balaban J connectivity index is 1.99. The van der Waals surface area contributed by atoms with Gasteiger partial charge in [-0.15, -0.1) is 0 Å². The number of fused-ring (bicyclic) bond motifs is 1. The van der Waals surface area contributed by atoms with E-state index in [9.17, 15) is 0 Å². The lowest BCUT2D eigenvalue weighted by atomic mass is 10.1. The first kappa shape index (κ1) is 11.8. The number of imidazole rings is 1. The van der Waals surface area contributed by atoms with E-state index in [0.717, 1.165) is 34.5 Å². The molecule has 0 aliphatic heterocycles. The lowest BCUT2D eigenvalue weighted by molar-refractivity contribution is 0.922. The van der Waals surface area contributed by atoms with Gasteiger partial charge in [-0.05, 0) is 30.2 Å². The summed E-state index contributed by atoms with van der Waals surface area (Å²) in [6.45, 7) is 2.19. The van der Waals surface area contributed by atoms with Gasteiger partial charge in [-0.3, -0.25) is 0 Å². The van der Waals surface area contributed by atoms with Gasteiger partial charge in [-0.25, -0.2) is 4.98 Å². The average molecular weight is 251 g/mol. The number of hydrogen-bond donors (Lipinski definition) is 2. The van der Waals surface area contributed by atoms with Crippen LogP contribution in [0.4, 0.5) is 5.69 Å². The Hall–Kier alpha value is -2.29. The van der Waals surface area contributed by atoms with Crippen molar-refractivity contribution in [3.8, 4) is 11.4 Å². The Labute approximate surface area is 112 Å². The van der Waals surface area contributed by atoms with E-state index in [1.807, 2.05) is 18.2 Å². The Bertz CT molecular complexity index is 696. The topological polar surface area (TPSA) is 54.7 Å². The third-order valence-corrected chi connectivity index (χ3v) is 3.27. The minimum atomic E-state index is 0.740. The summed E-state index contributed by atoms with van der Waals surface area (Å²) < 4.78 is 0. The van der Waals surface area contributed by atoms with Crippen LogP contribution in [0.5, 0.6) is 0 Å². The number of nitrogen functional groups attached to an aromatic ring is 1. The number of aromatic nitrogens is 2. The Morgan fingerprint density at radius 3 is 2.63 bits per heavy atom. The molecule has 19 heavy (non-hydrogen) atoms. The molecule has 0 saturated carbocycles. The second-order valence-electron chi connectivity index (χ2n) is 4.81. The first-order chi connectivity index (χ1) is 9.26. The van der Waals surface area contributed by atoms with E-state index in [0.29, 0.717) is 0 Å². The van der Waals surface area contributed by atoms with Crippen LogP contribution < -0.4 is 5.73 Å². The highest BCUT2D eigenvalue weighted by Gasteiger charge is 2.05. The van der Waals surface area contributed by atoms with Crippen molar-refractivity contribution < 1.29 is 0 Å². The van der Waals surface area contributed by atoms with Crippen molar-refractivity contribution in [1.82, 2.24) is 9.97 Å². The molecule has 0 amide bonds. The zero-order valence-corrected chi connectivity index (χ0v) is 11.0. The number of rotatable bonds is 3. The van der Waals surface area contributed by atoms with E-state index in [1.165, 1.54) is 12.0 Å². The zero-order chi connectivity index (χ0) is 13.2. The molecule has 3 aromatic rings. The summed E-state index contributed by atoms with van der Waals surface area (Å²) in [5.41, 5.74) is 10.9. The SMILES string of the molecule is CCCc1ccc(-c2nc3cc(N)ccc3[nH]2)cc1. The lowest BCUT2D eigenvalue weighted by Gasteiger charge is -2.00. The van der Waals surface area contributed by atoms with Crippen LogP contribution >= 0.6 is 0 Å². The summed E-state index contributed by atoms with van der Waals surface area (Å²) in [4.78, 5) is 7.91. The second-order valence-corrected chi connectivity index (χ2v) is 4.81. The molecule has 96 valence electrons. The summed E-state index contributed by atoms with van der Waals surface area (Å²) >= 11 is 0. The standard InChI is InChI=1S/C16H17N3/c1-2-3-11-4-6-12(7-5-11)16-18-14-9-8-13(17)10-15(14)19-16/h4-10H,2-3,17H2,1H3,(H,18,19). The number of nitrogens with two attached hydrogens (primary N) is 1. The van der Waals surface area contributed by atoms with Crippen LogP contribution in [0.15, 0.2) is 42.5 Å². The van der Waals surface area contributed by atoms with Gasteiger partial charge < -0.3 is 10.7 Å². The summed E-state index contributed by atoms with van der Waals surface area (Å²) in [6.07, 6.45) is 2.29. The maximum absolute atomic E-state index is 5.77. The van der Waals surface area contributed by atoms with Gasteiger partial charge in [0.05, 0.1) is 11.0 Å². The van der Waals surface area contributed by atoms with Gasteiger partial charge >= 0.3 is 0 Å². The second kappa shape index (κ2) is 4.76. The van der Waals surface area contributed by atoms with Crippen LogP contribution in [-0.4, -0.2) is 9.97 Å². The van der Waals surface area contributed by atoms with E-state index < -0.39 is 0 Å². The highest BCUT2D eigenvalue weighted by Crippen LogP contribution is 2.22. The predicted octanol–water partition coefficient (Wildman–Crippen LogP) is 3.76. The number of aryl methyl sites for hydroxylation is 1. The van der Waals surface area contributed by atoms with E-state index in [4.69, 9.17) is 5.73 Å². The Kier molecular flexibility index (Phi) is 2.95. The van der Waals surface area contributed by atoms with Crippen LogP contribution in [-0.2, 0) is 6.42 Å². The maximum atomic E-state index is 5.77. The number of hydrogen-bond acceptors (Lipinski definition) is 2. The molecule has 2 aromatic carbocycles. The monoisotopic (exact) mass is 251 g/mol. The molecule has 0 saturated heterocycles. The molecular formula is C16H17N3. The zero-order valence-electron chi connectivity index (χ0n) is 11.0. The fourth-order valence-corrected chi connectivity index (χ4v) is 2.28. The largest absolute Gasteiger partial charge is 0.399 e. The average Bonchev–Trinajstić information content (AvgIpc) is 2.83. The van der Waals surface area contributed by atoms with Crippen molar-refractivity contribution in [3.63, 3.8) is 0 Å². The minimum absolute atomic E-state index is 0.740. The van der Waals surface area contributed by atoms with Crippen molar-refractivity contribution in [2.75, 3.05) is 5.73 Å². The summed E-state index contributed by atoms with van der Waals surface area (Å²) in [6, 6.07) is 14.3. The Morgan fingerprint density at radius 2 is 1.89 bits per heavy atom. The van der Waals surface area contributed by atoms with Gasteiger partial charge in [0.15, 0.2) is 0 Å². The van der Waals surface area contributed by atoms with Crippen molar-refractivity contribution in [2.24, 2.45) is 0 Å². The van der Waals surface area contributed by atoms with E-state index in [2.05, 4.69) is 41.2 Å². The van der Waals surface area contributed by atoms with Crippen LogP contribution in [0.1, 0.15) is 18.9 Å². The quantitative estimate of drug-likeness (QED) is 0.696. The highest BCUT2D eigenvalue weighted by atomic mass is 14.9. The third kappa shape index (κ3) is 2.32.